The molecule has 1 N–H and O–H groups in total. The largest absolute Gasteiger partial charge is 0.496 e. The van der Waals surface area contributed by atoms with Gasteiger partial charge in [-0.2, -0.15) is 0 Å². The number of hydrogen-bond acceptors (Lipinski definition) is 5. The fourth-order valence-electron chi connectivity index (χ4n) is 1.90. The van der Waals surface area contributed by atoms with Gasteiger partial charge in [0.15, 0.2) is 5.82 Å². The van der Waals surface area contributed by atoms with Crippen LogP contribution in [0.3, 0.4) is 0 Å². The Bertz CT molecular complexity index is 609. The minimum absolute atomic E-state index is 0.0938. The van der Waals surface area contributed by atoms with Crippen molar-refractivity contribution in [3.8, 4) is 17.1 Å². The van der Waals surface area contributed by atoms with E-state index in [4.69, 9.17) is 9.84 Å². The Hall–Kier alpha value is -2.44. The van der Waals surface area contributed by atoms with Crippen LogP contribution in [-0.4, -0.2) is 38.4 Å². The van der Waals surface area contributed by atoms with Crippen LogP contribution in [0.15, 0.2) is 18.2 Å². The van der Waals surface area contributed by atoms with Gasteiger partial charge in [0, 0.05) is 18.5 Å². The monoisotopic (exact) mass is 276 g/mol. The van der Waals surface area contributed by atoms with Crippen LogP contribution in [0.2, 0.25) is 0 Å². The summed E-state index contributed by atoms with van der Waals surface area (Å²) in [6.45, 7) is 2.42. The number of carboxylic acid groups (broad SMARTS) is 1. The maximum Gasteiger partial charge on any atom is 0.303 e. The summed E-state index contributed by atoms with van der Waals surface area (Å²) >= 11 is 0. The van der Waals surface area contributed by atoms with Gasteiger partial charge in [-0.15, -0.1) is 5.10 Å². The Morgan fingerprint density at radius 2 is 2.25 bits per heavy atom. The lowest BCUT2D eigenvalue weighted by atomic mass is 10.1. The summed E-state index contributed by atoms with van der Waals surface area (Å²) in [5.74, 6) is 0.549. The maximum absolute atomic E-state index is 10.5. The molecule has 0 unspecified atom stereocenters. The normalized spacial score (nSPS) is 10.5. The predicted molar refractivity (Wildman–Crippen MR) is 71.4 cm³/mol. The van der Waals surface area contributed by atoms with E-state index in [1.165, 1.54) is 0 Å². The highest BCUT2D eigenvalue weighted by atomic mass is 16.5. The van der Waals surface area contributed by atoms with E-state index >= 15 is 0 Å². The maximum atomic E-state index is 10.5. The summed E-state index contributed by atoms with van der Waals surface area (Å²) in [6.07, 6.45) is 0.576. The number of nitrogens with zero attached hydrogens (tertiary/aromatic N) is 4. The van der Waals surface area contributed by atoms with E-state index in [2.05, 4.69) is 15.5 Å². The Balaban J connectivity index is 2.21. The lowest BCUT2D eigenvalue weighted by molar-refractivity contribution is -0.137. The summed E-state index contributed by atoms with van der Waals surface area (Å²) < 4.78 is 6.88. The number of tetrazole rings is 1. The van der Waals surface area contributed by atoms with Crippen molar-refractivity contribution in [1.82, 2.24) is 20.2 Å². The number of ether oxygens (including phenoxy) is 1. The number of methoxy groups -OCH3 is 1. The molecule has 0 saturated carbocycles. The van der Waals surface area contributed by atoms with Crippen LogP contribution in [0.5, 0.6) is 5.75 Å². The minimum atomic E-state index is -0.823. The van der Waals surface area contributed by atoms with Gasteiger partial charge < -0.3 is 9.84 Å². The quantitative estimate of drug-likeness (QED) is 0.860. The van der Waals surface area contributed by atoms with Gasteiger partial charge in [0.1, 0.15) is 5.75 Å². The molecule has 1 aromatic carbocycles. The number of rotatable bonds is 6. The smallest absolute Gasteiger partial charge is 0.303 e. The molecule has 0 amide bonds. The Kier molecular flexibility index (Phi) is 4.29. The van der Waals surface area contributed by atoms with E-state index in [9.17, 15) is 4.79 Å². The van der Waals surface area contributed by atoms with Crippen molar-refractivity contribution in [3.05, 3.63) is 23.8 Å². The number of hydrogen-bond donors (Lipinski definition) is 1. The first-order chi connectivity index (χ1) is 9.61. The average Bonchev–Trinajstić information content (AvgIpc) is 2.87. The first kappa shape index (κ1) is 14.0. The Morgan fingerprint density at radius 1 is 1.45 bits per heavy atom. The summed E-state index contributed by atoms with van der Waals surface area (Å²) in [5.41, 5.74) is 1.87. The van der Waals surface area contributed by atoms with E-state index in [1.807, 2.05) is 25.1 Å². The van der Waals surface area contributed by atoms with Crippen LogP contribution in [0.1, 0.15) is 18.4 Å². The second kappa shape index (κ2) is 6.14. The second-order valence-corrected chi connectivity index (χ2v) is 4.41. The predicted octanol–water partition coefficient (Wildman–Crippen LogP) is 1.52. The molecule has 0 atom stereocenters. The number of aromatic nitrogens is 4. The molecular weight excluding hydrogens is 260 g/mol. The number of aryl methyl sites for hydroxylation is 2. The molecule has 0 aliphatic heterocycles. The van der Waals surface area contributed by atoms with Crippen molar-refractivity contribution >= 4 is 5.97 Å². The highest BCUT2D eigenvalue weighted by Gasteiger charge is 2.11. The summed E-state index contributed by atoms with van der Waals surface area (Å²) in [5, 5.41) is 20.2. The van der Waals surface area contributed by atoms with Gasteiger partial charge in [-0.1, -0.05) is 12.1 Å². The highest BCUT2D eigenvalue weighted by Crippen LogP contribution is 2.25. The molecular formula is C13H16N4O3. The van der Waals surface area contributed by atoms with E-state index in [1.54, 1.807) is 11.8 Å². The van der Waals surface area contributed by atoms with Gasteiger partial charge in [-0.05, 0) is 35.4 Å². The zero-order valence-electron chi connectivity index (χ0n) is 11.4. The van der Waals surface area contributed by atoms with Crippen LogP contribution in [0, 0.1) is 6.92 Å². The molecule has 1 heterocycles. The molecule has 7 nitrogen and oxygen atoms in total. The molecule has 0 fully saturated rings. The summed E-state index contributed by atoms with van der Waals surface area (Å²) in [6, 6.07) is 5.72. The molecule has 1 aromatic heterocycles. The van der Waals surface area contributed by atoms with Crippen molar-refractivity contribution in [2.24, 2.45) is 0 Å². The van der Waals surface area contributed by atoms with Crippen LogP contribution in [-0.2, 0) is 11.3 Å². The zero-order valence-corrected chi connectivity index (χ0v) is 11.4. The first-order valence-electron chi connectivity index (χ1n) is 6.25. The number of aliphatic carboxylic acids is 1. The molecule has 2 aromatic rings. The van der Waals surface area contributed by atoms with E-state index in [-0.39, 0.29) is 6.42 Å². The number of benzene rings is 1. The summed E-state index contributed by atoms with van der Waals surface area (Å²) in [4.78, 5) is 10.5. The Morgan fingerprint density at radius 3 is 2.95 bits per heavy atom. The second-order valence-electron chi connectivity index (χ2n) is 4.41. The third-order valence-electron chi connectivity index (χ3n) is 2.96. The minimum Gasteiger partial charge on any atom is -0.496 e. The number of carboxylic acids is 1. The van der Waals surface area contributed by atoms with Crippen molar-refractivity contribution in [2.75, 3.05) is 7.11 Å². The molecule has 2 rings (SSSR count). The standard InChI is InChI=1S/C13H16N4O3/c1-9-5-6-10(8-11(9)20-2)13-14-15-16-17(13)7-3-4-12(18)19/h5-6,8H,3-4,7H2,1-2H3,(H,18,19). The van der Waals surface area contributed by atoms with Crippen LogP contribution < -0.4 is 4.74 Å². The molecule has 0 bridgehead atoms. The van der Waals surface area contributed by atoms with Crippen LogP contribution >= 0.6 is 0 Å². The molecule has 0 aliphatic carbocycles. The molecule has 106 valence electrons. The average molecular weight is 276 g/mol. The van der Waals surface area contributed by atoms with Crippen molar-refractivity contribution < 1.29 is 14.6 Å². The fourth-order valence-corrected chi connectivity index (χ4v) is 1.90. The molecule has 7 heteroatoms. The first-order valence-corrected chi connectivity index (χ1v) is 6.25. The zero-order chi connectivity index (χ0) is 14.5. The van der Waals surface area contributed by atoms with Crippen LogP contribution in [0.4, 0.5) is 0 Å². The lowest BCUT2D eigenvalue weighted by Gasteiger charge is -2.08. The Labute approximate surface area is 116 Å². The third-order valence-corrected chi connectivity index (χ3v) is 2.96. The van der Waals surface area contributed by atoms with Crippen molar-refractivity contribution in [3.63, 3.8) is 0 Å². The molecule has 0 saturated heterocycles. The summed E-state index contributed by atoms with van der Waals surface area (Å²) in [7, 11) is 1.61. The van der Waals surface area contributed by atoms with Crippen molar-refractivity contribution in [1.29, 1.82) is 0 Å². The van der Waals surface area contributed by atoms with Gasteiger partial charge >= 0.3 is 5.97 Å². The third kappa shape index (κ3) is 3.11. The van der Waals surface area contributed by atoms with Gasteiger partial charge in [-0.25, -0.2) is 4.68 Å². The van der Waals surface area contributed by atoms with Gasteiger partial charge in [0.05, 0.1) is 7.11 Å². The molecule has 0 aliphatic rings. The SMILES string of the molecule is COc1cc(-c2nnnn2CCCC(=O)O)ccc1C. The topological polar surface area (TPSA) is 90.1 Å². The van der Waals surface area contributed by atoms with E-state index < -0.39 is 5.97 Å². The molecule has 0 radical (unpaired) electrons. The fraction of sp³-hybridized carbons (Fsp3) is 0.385. The van der Waals surface area contributed by atoms with E-state index in [0.717, 1.165) is 16.9 Å². The van der Waals surface area contributed by atoms with Crippen molar-refractivity contribution in [2.45, 2.75) is 26.3 Å². The number of carbonyl (C=O) groups is 1. The van der Waals surface area contributed by atoms with Gasteiger partial charge in [0.2, 0.25) is 0 Å². The molecule has 0 spiro atoms. The van der Waals surface area contributed by atoms with Gasteiger partial charge in [-0.3, -0.25) is 4.79 Å². The molecule has 20 heavy (non-hydrogen) atoms. The van der Waals surface area contributed by atoms with E-state index in [0.29, 0.717) is 18.8 Å². The van der Waals surface area contributed by atoms with Crippen LogP contribution in [0.25, 0.3) is 11.4 Å². The lowest BCUT2D eigenvalue weighted by Crippen LogP contribution is -2.05. The van der Waals surface area contributed by atoms with Gasteiger partial charge in [0.25, 0.3) is 0 Å². The highest BCUT2D eigenvalue weighted by molar-refractivity contribution is 5.66.